The van der Waals surface area contributed by atoms with E-state index >= 15 is 0 Å². The van der Waals surface area contributed by atoms with Crippen molar-refractivity contribution in [3.63, 3.8) is 0 Å². The molecule has 0 bridgehead atoms. The topological polar surface area (TPSA) is 55.4 Å². The lowest BCUT2D eigenvalue weighted by molar-refractivity contribution is -0.125. The lowest BCUT2D eigenvalue weighted by Gasteiger charge is -2.22. The Morgan fingerprint density at radius 2 is 2.16 bits per heavy atom. The molecule has 0 spiro atoms. The maximum absolute atomic E-state index is 12.0. The first kappa shape index (κ1) is 13.7. The highest BCUT2D eigenvalue weighted by Gasteiger charge is 2.29. The molecule has 0 saturated carbocycles. The third-order valence-corrected chi connectivity index (χ3v) is 3.41. The van der Waals surface area contributed by atoms with E-state index in [0.717, 1.165) is 17.5 Å². The summed E-state index contributed by atoms with van der Waals surface area (Å²) in [5.74, 6) is -0.192. The highest BCUT2D eigenvalue weighted by atomic mass is 16.5. The van der Waals surface area contributed by atoms with Crippen LogP contribution in [0, 0.1) is 5.92 Å². The van der Waals surface area contributed by atoms with Crippen LogP contribution in [0.5, 0.6) is 0 Å². The van der Waals surface area contributed by atoms with Gasteiger partial charge in [0, 0.05) is 38.2 Å². The van der Waals surface area contributed by atoms with Gasteiger partial charge in [-0.25, -0.2) is 0 Å². The van der Waals surface area contributed by atoms with Gasteiger partial charge < -0.3 is 10.1 Å². The van der Waals surface area contributed by atoms with Crippen LogP contribution in [0.15, 0.2) is 24.3 Å². The number of benzene rings is 1. The van der Waals surface area contributed by atoms with Crippen LogP contribution >= 0.6 is 0 Å². The molecule has 4 heteroatoms. The first-order valence-electron chi connectivity index (χ1n) is 6.60. The molecule has 1 N–H and O–H groups in total. The van der Waals surface area contributed by atoms with Gasteiger partial charge in [0.25, 0.3) is 0 Å². The van der Waals surface area contributed by atoms with Gasteiger partial charge in [0.2, 0.25) is 5.91 Å². The summed E-state index contributed by atoms with van der Waals surface area (Å²) in [6.07, 6.45) is 1.75. The van der Waals surface area contributed by atoms with E-state index in [-0.39, 0.29) is 17.6 Å². The average molecular weight is 261 g/mol. The van der Waals surface area contributed by atoms with Crippen LogP contribution in [0.4, 0.5) is 0 Å². The van der Waals surface area contributed by atoms with Gasteiger partial charge in [0.15, 0.2) is 5.78 Å². The van der Waals surface area contributed by atoms with Crippen LogP contribution in [0.3, 0.4) is 0 Å². The third kappa shape index (κ3) is 3.41. The molecule has 19 heavy (non-hydrogen) atoms. The van der Waals surface area contributed by atoms with E-state index < -0.39 is 0 Å². The summed E-state index contributed by atoms with van der Waals surface area (Å²) in [4.78, 5) is 24.0. The monoisotopic (exact) mass is 261 g/mol. The van der Waals surface area contributed by atoms with E-state index in [4.69, 9.17) is 4.74 Å². The number of carbonyl (C=O) groups excluding carboxylic acids is 2. The van der Waals surface area contributed by atoms with Crippen molar-refractivity contribution in [1.29, 1.82) is 0 Å². The van der Waals surface area contributed by atoms with Gasteiger partial charge in [0.05, 0.1) is 0 Å². The van der Waals surface area contributed by atoms with Gasteiger partial charge in [-0.1, -0.05) is 24.3 Å². The van der Waals surface area contributed by atoms with Crippen molar-refractivity contribution < 1.29 is 14.3 Å². The Balaban J connectivity index is 1.93. The fraction of sp³-hybridized carbons (Fsp3) is 0.467. The van der Waals surface area contributed by atoms with Crippen molar-refractivity contribution in [1.82, 2.24) is 5.32 Å². The third-order valence-electron chi connectivity index (χ3n) is 3.41. The summed E-state index contributed by atoms with van der Waals surface area (Å²) in [6.45, 7) is 1.23. The minimum absolute atomic E-state index is 0.0287. The second kappa shape index (κ2) is 6.48. The Bertz CT molecular complexity index is 470. The number of Topliss-reactive ketones (excluding diaryl/α,β-unsaturated/α-hetero) is 1. The summed E-state index contributed by atoms with van der Waals surface area (Å²) in [5, 5.41) is 2.87. The van der Waals surface area contributed by atoms with Crippen LogP contribution in [0.1, 0.15) is 28.8 Å². The molecular formula is C15H19NO3. The molecule has 0 heterocycles. The highest BCUT2D eigenvalue weighted by molar-refractivity contribution is 6.01. The molecule has 0 aromatic heterocycles. The summed E-state index contributed by atoms with van der Waals surface area (Å²) in [6, 6.07) is 7.54. The first-order chi connectivity index (χ1) is 9.22. The summed E-state index contributed by atoms with van der Waals surface area (Å²) >= 11 is 0. The molecule has 102 valence electrons. The molecule has 0 saturated heterocycles. The van der Waals surface area contributed by atoms with Crippen LogP contribution in [-0.2, 0) is 16.0 Å². The van der Waals surface area contributed by atoms with Gasteiger partial charge >= 0.3 is 0 Å². The van der Waals surface area contributed by atoms with Gasteiger partial charge in [-0.05, 0) is 18.4 Å². The van der Waals surface area contributed by atoms with Gasteiger partial charge in [-0.2, -0.15) is 0 Å². The average Bonchev–Trinajstić information content (AvgIpc) is 2.43. The lowest BCUT2D eigenvalue weighted by atomic mass is 9.82. The van der Waals surface area contributed by atoms with E-state index in [1.54, 1.807) is 7.11 Å². The number of fused-ring (bicyclic) bond motifs is 1. The highest BCUT2D eigenvalue weighted by Crippen LogP contribution is 2.25. The maximum Gasteiger partial charge on any atom is 0.223 e. The van der Waals surface area contributed by atoms with Crippen molar-refractivity contribution >= 4 is 11.7 Å². The van der Waals surface area contributed by atoms with Crippen molar-refractivity contribution in [2.45, 2.75) is 19.3 Å². The van der Waals surface area contributed by atoms with Crippen molar-refractivity contribution in [3.05, 3.63) is 35.4 Å². The Morgan fingerprint density at radius 1 is 1.37 bits per heavy atom. The molecule has 1 aliphatic carbocycles. The fourth-order valence-electron chi connectivity index (χ4n) is 2.40. The van der Waals surface area contributed by atoms with E-state index in [9.17, 15) is 9.59 Å². The molecule has 1 aromatic rings. The Hall–Kier alpha value is -1.68. The van der Waals surface area contributed by atoms with E-state index in [1.165, 1.54) is 0 Å². The SMILES string of the molecule is COCCCNC(=O)C1CC(=O)c2ccccc2C1. The number of ether oxygens (including phenoxy) is 1. The van der Waals surface area contributed by atoms with Crippen molar-refractivity contribution in [2.75, 3.05) is 20.3 Å². The number of carbonyl (C=O) groups is 2. The van der Waals surface area contributed by atoms with Crippen LogP contribution < -0.4 is 5.32 Å². The lowest BCUT2D eigenvalue weighted by Crippen LogP contribution is -2.36. The zero-order valence-corrected chi connectivity index (χ0v) is 11.1. The van der Waals surface area contributed by atoms with Gasteiger partial charge in [-0.15, -0.1) is 0 Å². The number of hydrogen-bond acceptors (Lipinski definition) is 3. The fourth-order valence-corrected chi connectivity index (χ4v) is 2.40. The predicted molar refractivity (Wildman–Crippen MR) is 72.1 cm³/mol. The van der Waals surface area contributed by atoms with Crippen molar-refractivity contribution in [3.8, 4) is 0 Å². The van der Waals surface area contributed by atoms with Crippen LogP contribution in [0.25, 0.3) is 0 Å². The number of nitrogens with one attached hydrogen (secondary N) is 1. The molecule has 1 aliphatic rings. The smallest absolute Gasteiger partial charge is 0.223 e. The number of amides is 1. The number of hydrogen-bond donors (Lipinski definition) is 1. The normalized spacial score (nSPS) is 17.9. The zero-order valence-electron chi connectivity index (χ0n) is 11.1. The second-order valence-corrected chi connectivity index (χ2v) is 4.82. The number of methoxy groups -OCH3 is 1. The molecule has 1 unspecified atom stereocenters. The van der Waals surface area contributed by atoms with E-state index in [0.29, 0.717) is 26.0 Å². The van der Waals surface area contributed by atoms with E-state index in [2.05, 4.69) is 5.32 Å². The Morgan fingerprint density at radius 3 is 2.95 bits per heavy atom. The Labute approximate surface area is 113 Å². The number of rotatable bonds is 5. The quantitative estimate of drug-likeness (QED) is 0.819. The van der Waals surface area contributed by atoms with Gasteiger partial charge in [0.1, 0.15) is 0 Å². The molecule has 0 radical (unpaired) electrons. The van der Waals surface area contributed by atoms with Gasteiger partial charge in [-0.3, -0.25) is 9.59 Å². The molecular weight excluding hydrogens is 242 g/mol. The minimum atomic E-state index is -0.232. The minimum Gasteiger partial charge on any atom is -0.385 e. The largest absolute Gasteiger partial charge is 0.385 e. The molecule has 0 aliphatic heterocycles. The molecule has 1 aromatic carbocycles. The summed E-state index contributed by atoms with van der Waals surface area (Å²) in [5.41, 5.74) is 1.75. The Kier molecular flexibility index (Phi) is 4.68. The predicted octanol–water partition coefficient (Wildman–Crippen LogP) is 1.58. The molecule has 1 atom stereocenters. The summed E-state index contributed by atoms with van der Waals surface area (Å²) in [7, 11) is 1.64. The number of ketones is 1. The van der Waals surface area contributed by atoms with Crippen molar-refractivity contribution in [2.24, 2.45) is 5.92 Å². The maximum atomic E-state index is 12.0. The van der Waals surface area contributed by atoms with Crippen LogP contribution in [-0.4, -0.2) is 32.0 Å². The molecule has 4 nitrogen and oxygen atoms in total. The summed E-state index contributed by atoms with van der Waals surface area (Å²) < 4.78 is 4.93. The second-order valence-electron chi connectivity index (χ2n) is 4.82. The van der Waals surface area contributed by atoms with Crippen LogP contribution in [0.2, 0.25) is 0 Å². The van der Waals surface area contributed by atoms with E-state index in [1.807, 2.05) is 24.3 Å². The standard InChI is InChI=1S/C15H19NO3/c1-19-8-4-7-16-15(18)12-9-11-5-2-3-6-13(11)14(17)10-12/h2-3,5-6,12H,4,7-10H2,1H3,(H,16,18). The molecule has 1 amide bonds. The first-order valence-corrected chi connectivity index (χ1v) is 6.60. The zero-order chi connectivity index (χ0) is 13.7. The molecule has 2 rings (SSSR count). The molecule has 0 fully saturated rings.